The molecule has 0 saturated heterocycles. The number of nitrogens with zero attached hydrogens (tertiary/aromatic N) is 5. The summed E-state index contributed by atoms with van der Waals surface area (Å²) in [6, 6.07) is 9.95. The van der Waals surface area contributed by atoms with Crippen LogP contribution in [0.2, 0.25) is 0 Å². The Hall–Kier alpha value is -3.23. The van der Waals surface area contributed by atoms with Gasteiger partial charge in [-0.25, -0.2) is 4.79 Å². The minimum Gasteiger partial charge on any atom is -0.465 e. The summed E-state index contributed by atoms with van der Waals surface area (Å²) < 4.78 is 9.97. The molecule has 0 radical (unpaired) electrons. The molecule has 2 heterocycles. The zero-order chi connectivity index (χ0) is 20.1. The van der Waals surface area contributed by atoms with Crippen LogP contribution in [0, 0.1) is 4.91 Å². The van der Waals surface area contributed by atoms with Crippen LogP contribution >= 0.6 is 0 Å². The second kappa shape index (κ2) is 8.64. The standard InChI is InChI=1S/C19H23N5O4/c1-3-22-16-15(17(25)23(19(22)26)12-8-11-20-27)24(18(21-16)28-4-2)13-14-9-6-5-7-10-14/h5-7,9-10H,3-4,8,11-13H2,1-2H3. The first-order valence-corrected chi connectivity index (χ1v) is 9.32. The number of benzene rings is 1. The van der Waals surface area contributed by atoms with Gasteiger partial charge in [-0.15, -0.1) is 0 Å². The minimum atomic E-state index is -0.446. The predicted molar refractivity (Wildman–Crippen MR) is 106 cm³/mol. The molecule has 0 aliphatic rings. The van der Waals surface area contributed by atoms with E-state index in [-0.39, 0.29) is 13.1 Å². The van der Waals surface area contributed by atoms with Crippen molar-refractivity contribution >= 4 is 11.2 Å². The molecule has 148 valence electrons. The Bertz CT molecular complexity index is 1080. The summed E-state index contributed by atoms with van der Waals surface area (Å²) in [6.45, 7) is 4.95. The number of rotatable bonds is 9. The van der Waals surface area contributed by atoms with Gasteiger partial charge in [0.05, 0.1) is 19.7 Å². The minimum absolute atomic E-state index is 0.0452. The fourth-order valence-corrected chi connectivity index (χ4v) is 3.20. The SMILES string of the molecule is CCOc1nc2c(c(=O)n(CCCN=O)c(=O)n2CC)n1Cc1ccccc1. The number of ether oxygens (including phenoxy) is 1. The maximum atomic E-state index is 13.2. The van der Waals surface area contributed by atoms with Gasteiger partial charge in [0.25, 0.3) is 11.6 Å². The molecule has 0 unspecified atom stereocenters. The topological polar surface area (TPSA) is 100 Å². The Morgan fingerprint density at radius 2 is 1.82 bits per heavy atom. The van der Waals surface area contributed by atoms with Crippen molar-refractivity contribution in [1.82, 2.24) is 18.7 Å². The van der Waals surface area contributed by atoms with E-state index in [2.05, 4.69) is 10.2 Å². The van der Waals surface area contributed by atoms with Crippen molar-refractivity contribution in [3.63, 3.8) is 0 Å². The largest absolute Gasteiger partial charge is 0.465 e. The highest BCUT2D eigenvalue weighted by molar-refractivity contribution is 5.72. The molecule has 0 spiro atoms. The fraction of sp³-hybridized carbons (Fsp3) is 0.421. The van der Waals surface area contributed by atoms with Gasteiger partial charge < -0.3 is 4.74 Å². The van der Waals surface area contributed by atoms with Crippen molar-refractivity contribution < 1.29 is 4.74 Å². The molecule has 0 aliphatic carbocycles. The van der Waals surface area contributed by atoms with Crippen molar-refractivity contribution in [3.8, 4) is 6.01 Å². The number of aryl methyl sites for hydroxylation is 1. The van der Waals surface area contributed by atoms with E-state index in [1.807, 2.05) is 44.2 Å². The lowest BCUT2D eigenvalue weighted by molar-refractivity contribution is 0.301. The fourth-order valence-electron chi connectivity index (χ4n) is 3.20. The molecule has 1 aromatic carbocycles. The zero-order valence-electron chi connectivity index (χ0n) is 16.0. The zero-order valence-corrected chi connectivity index (χ0v) is 16.0. The molecule has 0 saturated carbocycles. The molecule has 0 amide bonds. The van der Waals surface area contributed by atoms with E-state index in [9.17, 15) is 14.5 Å². The predicted octanol–water partition coefficient (Wildman–Crippen LogP) is 1.98. The van der Waals surface area contributed by atoms with Crippen LogP contribution in [0.15, 0.2) is 45.1 Å². The summed E-state index contributed by atoms with van der Waals surface area (Å²) in [5.41, 5.74) is 0.714. The molecule has 28 heavy (non-hydrogen) atoms. The van der Waals surface area contributed by atoms with Gasteiger partial charge in [0.15, 0.2) is 11.2 Å². The first-order chi connectivity index (χ1) is 13.6. The van der Waals surface area contributed by atoms with E-state index in [1.54, 1.807) is 4.57 Å². The highest BCUT2D eigenvalue weighted by Crippen LogP contribution is 2.20. The Labute approximate surface area is 161 Å². The molecule has 2 aromatic heterocycles. The molecule has 0 atom stereocenters. The molecule has 0 N–H and O–H groups in total. The molecule has 0 aliphatic heterocycles. The molecular weight excluding hydrogens is 362 g/mol. The molecule has 3 rings (SSSR count). The van der Waals surface area contributed by atoms with Crippen LogP contribution in [-0.2, 0) is 19.6 Å². The highest BCUT2D eigenvalue weighted by atomic mass is 16.5. The number of hydrogen-bond donors (Lipinski definition) is 0. The molecular formula is C19H23N5O4. The average Bonchev–Trinajstić information content (AvgIpc) is 3.04. The van der Waals surface area contributed by atoms with Crippen molar-refractivity contribution in [2.45, 2.75) is 39.9 Å². The lowest BCUT2D eigenvalue weighted by Crippen LogP contribution is -2.40. The summed E-state index contributed by atoms with van der Waals surface area (Å²) >= 11 is 0. The van der Waals surface area contributed by atoms with Crippen molar-refractivity contribution in [1.29, 1.82) is 0 Å². The van der Waals surface area contributed by atoms with Gasteiger partial charge in [-0.1, -0.05) is 35.5 Å². The van der Waals surface area contributed by atoms with Gasteiger partial charge in [-0.05, 0) is 25.8 Å². The van der Waals surface area contributed by atoms with Crippen LogP contribution in [-0.4, -0.2) is 31.8 Å². The number of hydrogen-bond acceptors (Lipinski definition) is 6. The highest BCUT2D eigenvalue weighted by Gasteiger charge is 2.22. The summed E-state index contributed by atoms with van der Waals surface area (Å²) in [5, 5.41) is 2.81. The average molecular weight is 385 g/mol. The Kier molecular flexibility index (Phi) is 6.03. The van der Waals surface area contributed by atoms with Crippen molar-refractivity contribution in [2.24, 2.45) is 5.18 Å². The first kappa shape index (κ1) is 19.5. The molecule has 0 fully saturated rings. The maximum absolute atomic E-state index is 13.2. The number of aromatic nitrogens is 4. The maximum Gasteiger partial charge on any atom is 0.332 e. The monoisotopic (exact) mass is 385 g/mol. The molecule has 9 heteroatoms. The van der Waals surface area contributed by atoms with Crippen molar-refractivity contribution in [2.75, 3.05) is 13.2 Å². The Morgan fingerprint density at radius 3 is 2.46 bits per heavy atom. The molecule has 3 aromatic rings. The third-order valence-corrected chi connectivity index (χ3v) is 4.48. The quantitative estimate of drug-likeness (QED) is 0.414. The lowest BCUT2D eigenvalue weighted by Gasteiger charge is -2.11. The second-order valence-corrected chi connectivity index (χ2v) is 6.26. The summed E-state index contributed by atoms with van der Waals surface area (Å²) in [6.07, 6.45) is 0.318. The van der Waals surface area contributed by atoms with Gasteiger partial charge in [-0.3, -0.25) is 18.5 Å². The number of fused-ring (bicyclic) bond motifs is 1. The van der Waals surface area contributed by atoms with Crippen LogP contribution in [0.25, 0.3) is 11.2 Å². The third-order valence-electron chi connectivity index (χ3n) is 4.48. The normalized spacial score (nSPS) is 11.1. The Morgan fingerprint density at radius 1 is 1.07 bits per heavy atom. The number of nitroso groups, excluding NO2 is 1. The van der Waals surface area contributed by atoms with E-state index >= 15 is 0 Å². The first-order valence-electron chi connectivity index (χ1n) is 9.32. The third kappa shape index (κ3) is 3.60. The van der Waals surface area contributed by atoms with Gasteiger partial charge in [0.2, 0.25) is 0 Å². The van der Waals surface area contributed by atoms with Crippen molar-refractivity contribution in [3.05, 3.63) is 61.6 Å². The second-order valence-electron chi connectivity index (χ2n) is 6.26. The van der Waals surface area contributed by atoms with Gasteiger partial charge in [0, 0.05) is 13.1 Å². The summed E-state index contributed by atoms with van der Waals surface area (Å²) in [5.74, 6) is 0. The van der Waals surface area contributed by atoms with E-state index in [1.165, 1.54) is 4.57 Å². The molecule has 9 nitrogen and oxygen atoms in total. The summed E-state index contributed by atoms with van der Waals surface area (Å²) in [4.78, 5) is 40.8. The van der Waals surface area contributed by atoms with Gasteiger partial charge in [-0.2, -0.15) is 9.89 Å². The van der Waals surface area contributed by atoms with Crippen LogP contribution in [0.5, 0.6) is 6.01 Å². The van der Waals surface area contributed by atoms with E-state index in [0.717, 1.165) is 10.1 Å². The smallest absolute Gasteiger partial charge is 0.332 e. The summed E-state index contributed by atoms with van der Waals surface area (Å²) in [7, 11) is 0. The van der Waals surface area contributed by atoms with E-state index in [0.29, 0.717) is 43.3 Å². The van der Waals surface area contributed by atoms with E-state index in [4.69, 9.17) is 4.74 Å². The van der Waals surface area contributed by atoms with Crippen LogP contribution in [0.1, 0.15) is 25.8 Å². The van der Waals surface area contributed by atoms with E-state index < -0.39 is 11.2 Å². The van der Waals surface area contributed by atoms with Gasteiger partial charge >= 0.3 is 5.69 Å². The lowest BCUT2D eigenvalue weighted by atomic mass is 10.2. The van der Waals surface area contributed by atoms with Crippen LogP contribution < -0.4 is 16.0 Å². The van der Waals surface area contributed by atoms with Crippen LogP contribution in [0.4, 0.5) is 0 Å². The van der Waals surface area contributed by atoms with Gasteiger partial charge in [0.1, 0.15) is 0 Å². The number of imidazole rings is 1. The molecule has 0 bridgehead atoms. The Balaban J connectivity index is 2.26. The van der Waals surface area contributed by atoms with Crippen LogP contribution in [0.3, 0.4) is 0 Å².